The molecule has 2 saturated heterocycles. The maximum atomic E-state index is 14.1. The van der Waals surface area contributed by atoms with E-state index in [1.54, 1.807) is 37.4 Å². The van der Waals surface area contributed by atoms with Gasteiger partial charge in [-0.15, -0.1) is 0 Å². The van der Waals surface area contributed by atoms with Gasteiger partial charge < -0.3 is 9.64 Å². The van der Waals surface area contributed by atoms with Crippen LogP contribution >= 0.6 is 15.9 Å². The van der Waals surface area contributed by atoms with E-state index in [1.165, 1.54) is 4.90 Å². The van der Waals surface area contributed by atoms with Gasteiger partial charge in [-0.2, -0.15) is 0 Å². The second-order valence-corrected chi connectivity index (χ2v) is 10.2. The Bertz CT molecular complexity index is 1450. The lowest BCUT2D eigenvalue weighted by atomic mass is 9.86. The Labute approximate surface area is 217 Å². The summed E-state index contributed by atoms with van der Waals surface area (Å²) >= 11 is 3.47. The molecule has 36 heavy (non-hydrogen) atoms. The van der Waals surface area contributed by atoms with Crippen molar-refractivity contribution in [2.24, 2.45) is 11.8 Å². The van der Waals surface area contributed by atoms with Gasteiger partial charge in [-0.25, -0.2) is 4.90 Å². The van der Waals surface area contributed by atoms with Crippen LogP contribution in [0.25, 0.3) is 6.08 Å². The predicted octanol–water partition coefficient (Wildman–Crippen LogP) is 5.04. The number of imide groups is 1. The third-order valence-corrected chi connectivity index (χ3v) is 8.03. The van der Waals surface area contributed by atoms with E-state index in [9.17, 15) is 14.4 Å². The number of carbonyl (C=O) groups is 3. The normalized spacial score (nSPS) is 24.0. The number of Topliss-reactive ketones (excluding diaryl/α,β-unsaturated/α-hetero) is 1. The minimum absolute atomic E-state index is 0.201. The van der Waals surface area contributed by atoms with Crippen LogP contribution in [0.1, 0.15) is 21.5 Å². The molecule has 0 saturated carbocycles. The van der Waals surface area contributed by atoms with E-state index in [0.29, 0.717) is 21.5 Å². The number of halogens is 1. The summed E-state index contributed by atoms with van der Waals surface area (Å²) in [7, 11) is 1.56. The van der Waals surface area contributed by atoms with Crippen LogP contribution in [0.5, 0.6) is 5.75 Å². The van der Waals surface area contributed by atoms with Crippen LogP contribution in [0.15, 0.2) is 77.3 Å². The molecule has 3 aromatic carbocycles. The fourth-order valence-corrected chi connectivity index (χ4v) is 6.29. The molecule has 0 N–H and O–H groups in total. The van der Waals surface area contributed by atoms with E-state index < -0.39 is 23.9 Å². The van der Waals surface area contributed by atoms with E-state index in [2.05, 4.69) is 15.9 Å². The third-order valence-electron chi connectivity index (χ3n) is 7.41. The minimum Gasteiger partial charge on any atom is -0.496 e. The van der Waals surface area contributed by atoms with E-state index in [0.717, 1.165) is 16.8 Å². The first-order valence-electron chi connectivity index (χ1n) is 11.8. The molecule has 3 heterocycles. The van der Waals surface area contributed by atoms with Crippen molar-refractivity contribution in [3.63, 3.8) is 0 Å². The molecule has 0 spiro atoms. The predicted molar refractivity (Wildman–Crippen MR) is 141 cm³/mol. The van der Waals surface area contributed by atoms with Crippen molar-refractivity contribution in [1.29, 1.82) is 0 Å². The monoisotopic (exact) mass is 542 g/mol. The van der Waals surface area contributed by atoms with E-state index in [-0.39, 0.29) is 17.6 Å². The van der Waals surface area contributed by atoms with Crippen LogP contribution in [0.2, 0.25) is 0 Å². The highest BCUT2D eigenvalue weighted by molar-refractivity contribution is 9.10. The van der Waals surface area contributed by atoms with Gasteiger partial charge in [0.2, 0.25) is 11.8 Å². The zero-order valence-corrected chi connectivity index (χ0v) is 21.3. The van der Waals surface area contributed by atoms with Crippen LogP contribution in [-0.2, 0) is 9.59 Å². The van der Waals surface area contributed by atoms with Gasteiger partial charge in [-0.1, -0.05) is 48.0 Å². The topological polar surface area (TPSA) is 66.9 Å². The molecular formula is C29H23BrN2O4. The van der Waals surface area contributed by atoms with Gasteiger partial charge in [0, 0.05) is 11.3 Å². The van der Waals surface area contributed by atoms with Crippen molar-refractivity contribution in [3.8, 4) is 5.75 Å². The number of para-hydroxylation sites is 1. The van der Waals surface area contributed by atoms with Crippen molar-refractivity contribution in [2.45, 2.75) is 19.0 Å². The van der Waals surface area contributed by atoms with Crippen LogP contribution in [0, 0.1) is 18.8 Å². The second kappa shape index (κ2) is 8.45. The minimum atomic E-state index is -0.821. The number of rotatable bonds is 4. The lowest BCUT2D eigenvalue weighted by Crippen LogP contribution is -2.48. The fourth-order valence-electron chi connectivity index (χ4n) is 5.75. The molecule has 4 atom stereocenters. The number of ketones is 1. The fraction of sp³-hybridized carbons (Fsp3) is 0.207. The Balaban J connectivity index is 1.48. The largest absolute Gasteiger partial charge is 0.496 e. The van der Waals surface area contributed by atoms with Crippen LogP contribution in [0.4, 0.5) is 11.4 Å². The number of amides is 2. The Kier molecular flexibility index (Phi) is 5.34. The number of nitrogens with zero attached hydrogens (tertiary/aromatic N) is 2. The first-order valence-corrected chi connectivity index (χ1v) is 12.6. The molecule has 2 fully saturated rings. The number of methoxy groups -OCH3 is 1. The summed E-state index contributed by atoms with van der Waals surface area (Å²) in [6.07, 6.45) is 3.94. The molecule has 3 aliphatic heterocycles. The summed E-state index contributed by atoms with van der Waals surface area (Å²) in [6, 6.07) is 19.0. The van der Waals surface area contributed by atoms with E-state index in [4.69, 9.17) is 4.74 Å². The summed E-state index contributed by atoms with van der Waals surface area (Å²) < 4.78 is 5.98. The molecule has 0 bridgehead atoms. The lowest BCUT2D eigenvalue weighted by molar-refractivity contribution is -0.122. The van der Waals surface area contributed by atoms with Crippen LogP contribution in [0.3, 0.4) is 0 Å². The molecule has 180 valence electrons. The number of aryl methyl sites for hydroxylation is 1. The van der Waals surface area contributed by atoms with Crippen LogP contribution in [-0.4, -0.2) is 36.8 Å². The van der Waals surface area contributed by atoms with Crippen molar-refractivity contribution in [1.82, 2.24) is 0 Å². The smallest absolute Gasteiger partial charge is 0.240 e. The van der Waals surface area contributed by atoms with E-state index in [1.807, 2.05) is 60.4 Å². The van der Waals surface area contributed by atoms with Crippen molar-refractivity contribution in [2.75, 3.05) is 16.9 Å². The number of anilines is 2. The lowest BCUT2D eigenvalue weighted by Gasteiger charge is -2.36. The van der Waals surface area contributed by atoms with Gasteiger partial charge in [0.25, 0.3) is 0 Å². The number of hydrogen-bond donors (Lipinski definition) is 0. The number of benzene rings is 3. The Morgan fingerprint density at radius 3 is 2.39 bits per heavy atom. The Morgan fingerprint density at radius 1 is 0.944 bits per heavy atom. The zero-order valence-electron chi connectivity index (χ0n) is 19.7. The molecular weight excluding hydrogens is 520 g/mol. The summed E-state index contributed by atoms with van der Waals surface area (Å²) in [5.74, 6) is -1.64. The standard InChI is InChI=1S/C29H23BrN2O4/c1-16-7-11-19(12-8-16)31-28(34)24-22-13-9-17-5-3-4-6-21(17)32(22)26(25(24)29(31)35)27(33)18-10-14-23(36-2)20(30)15-18/h3-15,22,24-26H,1-2H3/t22-,24+,25+,26-/m0/s1. The summed E-state index contributed by atoms with van der Waals surface area (Å²) in [4.78, 5) is 45.1. The number of ether oxygens (including phenoxy) is 1. The van der Waals surface area contributed by atoms with Gasteiger partial charge in [0.1, 0.15) is 11.8 Å². The second-order valence-electron chi connectivity index (χ2n) is 9.37. The van der Waals surface area contributed by atoms with Gasteiger partial charge in [-0.05, 0) is 64.8 Å². The average molecular weight is 543 g/mol. The molecule has 0 radical (unpaired) electrons. The summed E-state index contributed by atoms with van der Waals surface area (Å²) in [6.45, 7) is 1.95. The number of carbonyl (C=O) groups excluding carboxylic acids is 3. The van der Waals surface area contributed by atoms with Crippen molar-refractivity contribution >= 4 is 51.0 Å². The molecule has 7 heteroatoms. The zero-order chi connectivity index (χ0) is 25.1. The highest BCUT2D eigenvalue weighted by Gasteiger charge is 2.64. The van der Waals surface area contributed by atoms with Gasteiger partial charge >= 0.3 is 0 Å². The first-order chi connectivity index (χ1) is 17.4. The quantitative estimate of drug-likeness (QED) is 0.341. The molecule has 3 aliphatic rings. The summed E-state index contributed by atoms with van der Waals surface area (Å²) in [5, 5.41) is 0. The molecule has 2 amide bonds. The third kappa shape index (κ3) is 3.26. The number of hydrogen-bond acceptors (Lipinski definition) is 5. The SMILES string of the molecule is COc1ccc(C(=O)[C@@H]2[C@@H]3C(=O)N(c4ccc(C)cc4)C(=O)[C@@H]3[C@@H]3C=Cc4ccccc4N23)cc1Br. The van der Waals surface area contributed by atoms with Crippen molar-refractivity contribution in [3.05, 3.63) is 94.0 Å². The van der Waals surface area contributed by atoms with Crippen molar-refractivity contribution < 1.29 is 19.1 Å². The maximum Gasteiger partial charge on any atom is 0.240 e. The van der Waals surface area contributed by atoms with Gasteiger partial charge in [-0.3, -0.25) is 14.4 Å². The molecule has 6 rings (SSSR count). The highest BCUT2D eigenvalue weighted by atomic mass is 79.9. The Hall–Kier alpha value is -3.71. The van der Waals surface area contributed by atoms with Crippen LogP contribution < -0.4 is 14.5 Å². The highest BCUT2D eigenvalue weighted by Crippen LogP contribution is 2.50. The van der Waals surface area contributed by atoms with Gasteiger partial charge in [0.05, 0.1) is 35.1 Å². The Morgan fingerprint density at radius 2 is 1.67 bits per heavy atom. The molecule has 6 nitrogen and oxygen atoms in total. The summed E-state index contributed by atoms with van der Waals surface area (Å²) in [5.41, 5.74) is 3.84. The van der Waals surface area contributed by atoms with Gasteiger partial charge in [0.15, 0.2) is 5.78 Å². The number of fused-ring (bicyclic) bond motifs is 5. The first kappa shape index (κ1) is 22.7. The van der Waals surface area contributed by atoms with E-state index >= 15 is 0 Å². The molecule has 0 unspecified atom stereocenters. The maximum absolute atomic E-state index is 14.1. The molecule has 0 aromatic heterocycles. The average Bonchev–Trinajstić information content (AvgIpc) is 3.37. The molecule has 0 aliphatic carbocycles. The molecule has 3 aromatic rings.